The molecule has 0 aliphatic carbocycles. The van der Waals surface area contributed by atoms with Gasteiger partial charge in [0, 0.05) is 13.1 Å². The van der Waals surface area contributed by atoms with Crippen molar-refractivity contribution in [1.82, 2.24) is 15.5 Å². The van der Waals surface area contributed by atoms with E-state index in [1.54, 1.807) is 25.7 Å². The van der Waals surface area contributed by atoms with Crippen molar-refractivity contribution in [2.45, 2.75) is 84.4 Å². The minimum absolute atomic E-state index is 0.105. The number of carbonyl (C=O) groups is 3. The van der Waals surface area contributed by atoms with Crippen LogP contribution in [-0.2, 0) is 14.3 Å². The van der Waals surface area contributed by atoms with Crippen molar-refractivity contribution in [3.05, 3.63) is 0 Å². The summed E-state index contributed by atoms with van der Waals surface area (Å²) in [6.07, 6.45) is 3.21. The van der Waals surface area contributed by atoms with E-state index in [9.17, 15) is 14.4 Å². The van der Waals surface area contributed by atoms with E-state index in [1.165, 1.54) is 0 Å². The summed E-state index contributed by atoms with van der Waals surface area (Å²) in [4.78, 5) is 38.7. The van der Waals surface area contributed by atoms with Gasteiger partial charge < -0.3 is 20.3 Å². The summed E-state index contributed by atoms with van der Waals surface area (Å²) in [6.45, 7) is 10.4. The van der Waals surface area contributed by atoms with E-state index in [-0.39, 0.29) is 11.8 Å². The molecular weight excluding hydrogens is 322 g/mol. The predicted octanol–water partition coefficient (Wildman–Crippen LogP) is 2.20. The highest BCUT2D eigenvalue weighted by Gasteiger charge is 2.37. The van der Waals surface area contributed by atoms with Crippen LogP contribution in [0.2, 0.25) is 0 Å². The van der Waals surface area contributed by atoms with Crippen molar-refractivity contribution in [3.63, 3.8) is 0 Å². The summed E-state index contributed by atoms with van der Waals surface area (Å²) in [7, 11) is 0. The number of nitrogens with one attached hydrogen (secondary N) is 2. The summed E-state index contributed by atoms with van der Waals surface area (Å²) in [5.74, 6) is -0.326. The maximum absolute atomic E-state index is 12.8. The number of hydrogen-bond acceptors (Lipinski definition) is 4. The van der Waals surface area contributed by atoms with Crippen molar-refractivity contribution >= 4 is 17.9 Å². The second kappa shape index (κ2) is 9.63. The molecule has 1 heterocycles. The van der Waals surface area contributed by atoms with E-state index in [0.717, 1.165) is 19.3 Å². The fourth-order valence-electron chi connectivity index (χ4n) is 2.80. The minimum atomic E-state index is -0.682. The second-order valence-corrected chi connectivity index (χ2v) is 7.44. The molecule has 0 saturated carbocycles. The molecule has 0 aromatic rings. The molecule has 0 spiro atoms. The Kier molecular flexibility index (Phi) is 8.19. The van der Waals surface area contributed by atoms with Crippen LogP contribution in [0.5, 0.6) is 0 Å². The number of nitrogens with zero attached hydrogens (tertiary/aromatic N) is 1. The molecule has 144 valence electrons. The SMILES string of the molecule is CCCCNC(=O)[C@@H]1CCCN1C(=O)[C@H](CC)NC(=O)OC(C)(C)C. The zero-order valence-electron chi connectivity index (χ0n) is 16.2. The first kappa shape index (κ1) is 21.3. The van der Waals surface area contributed by atoms with E-state index in [1.807, 2.05) is 6.92 Å². The average molecular weight is 355 g/mol. The van der Waals surface area contributed by atoms with Crippen LogP contribution in [0.1, 0.15) is 66.7 Å². The highest BCUT2D eigenvalue weighted by molar-refractivity contribution is 5.91. The van der Waals surface area contributed by atoms with Gasteiger partial charge in [-0.05, 0) is 46.5 Å². The molecule has 3 amide bonds. The molecule has 25 heavy (non-hydrogen) atoms. The predicted molar refractivity (Wildman–Crippen MR) is 96.1 cm³/mol. The molecule has 1 aliphatic heterocycles. The average Bonchev–Trinajstić information content (AvgIpc) is 3.00. The van der Waals surface area contributed by atoms with Crippen LogP contribution < -0.4 is 10.6 Å². The number of carbonyl (C=O) groups excluding carboxylic acids is 3. The van der Waals surface area contributed by atoms with Gasteiger partial charge in [0.2, 0.25) is 11.8 Å². The van der Waals surface area contributed by atoms with Crippen molar-refractivity contribution in [2.75, 3.05) is 13.1 Å². The van der Waals surface area contributed by atoms with Gasteiger partial charge in [-0.15, -0.1) is 0 Å². The number of ether oxygens (including phenoxy) is 1. The summed E-state index contributed by atoms with van der Waals surface area (Å²) >= 11 is 0. The first-order chi connectivity index (χ1) is 11.7. The maximum Gasteiger partial charge on any atom is 0.408 e. The number of rotatable bonds is 7. The molecule has 7 nitrogen and oxygen atoms in total. The Balaban J connectivity index is 2.67. The van der Waals surface area contributed by atoms with Crippen LogP contribution in [0.3, 0.4) is 0 Å². The molecule has 1 saturated heterocycles. The molecular formula is C18H33N3O4. The fourth-order valence-corrected chi connectivity index (χ4v) is 2.80. The minimum Gasteiger partial charge on any atom is -0.444 e. The fraction of sp³-hybridized carbons (Fsp3) is 0.833. The molecule has 2 atom stereocenters. The molecule has 0 unspecified atom stereocenters. The Bertz CT molecular complexity index is 473. The first-order valence-corrected chi connectivity index (χ1v) is 9.27. The van der Waals surface area contributed by atoms with E-state index >= 15 is 0 Å². The van der Waals surface area contributed by atoms with Gasteiger partial charge in [-0.1, -0.05) is 20.3 Å². The van der Waals surface area contributed by atoms with Crippen LogP contribution in [0.25, 0.3) is 0 Å². The molecule has 7 heteroatoms. The summed E-state index contributed by atoms with van der Waals surface area (Å²) in [5.41, 5.74) is -0.624. The van der Waals surface area contributed by atoms with Gasteiger partial charge in [0.15, 0.2) is 0 Å². The van der Waals surface area contributed by atoms with E-state index in [0.29, 0.717) is 25.9 Å². The van der Waals surface area contributed by atoms with E-state index in [2.05, 4.69) is 17.6 Å². The van der Waals surface area contributed by atoms with Gasteiger partial charge in [0.25, 0.3) is 0 Å². The Hall–Kier alpha value is -1.79. The normalized spacial score (nSPS) is 18.6. The van der Waals surface area contributed by atoms with Crippen LogP contribution in [-0.4, -0.2) is 53.6 Å². The van der Waals surface area contributed by atoms with E-state index in [4.69, 9.17) is 4.74 Å². The number of hydrogen-bond donors (Lipinski definition) is 2. The van der Waals surface area contributed by atoms with Crippen LogP contribution in [0.4, 0.5) is 4.79 Å². The van der Waals surface area contributed by atoms with Crippen LogP contribution in [0, 0.1) is 0 Å². The zero-order valence-corrected chi connectivity index (χ0v) is 16.2. The van der Waals surface area contributed by atoms with Gasteiger partial charge in [-0.25, -0.2) is 4.79 Å². The summed E-state index contributed by atoms with van der Waals surface area (Å²) < 4.78 is 5.22. The van der Waals surface area contributed by atoms with Gasteiger partial charge in [-0.2, -0.15) is 0 Å². The van der Waals surface area contributed by atoms with Crippen molar-refractivity contribution in [1.29, 1.82) is 0 Å². The molecule has 0 aromatic heterocycles. The number of likely N-dealkylation sites (tertiary alicyclic amines) is 1. The third kappa shape index (κ3) is 6.92. The monoisotopic (exact) mass is 355 g/mol. The topological polar surface area (TPSA) is 87.7 Å². The highest BCUT2D eigenvalue weighted by Crippen LogP contribution is 2.19. The van der Waals surface area contributed by atoms with Gasteiger partial charge in [0.05, 0.1) is 0 Å². The van der Waals surface area contributed by atoms with Crippen molar-refractivity contribution in [3.8, 4) is 0 Å². The number of alkyl carbamates (subject to hydrolysis) is 1. The first-order valence-electron chi connectivity index (χ1n) is 9.27. The molecule has 0 radical (unpaired) electrons. The lowest BCUT2D eigenvalue weighted by Gasteiger charge is -2.29. The largest absolute Gasteiger partial charge is 0.444 e. The highest BCUT2D eigenvalue weighted by atomic mass is 16.6. The Labute approximate surface area is 150 Å². The van der Waals surface area contributed by atoms with Gasteiger partial charge in [-0.3, -0.25) is 9.59 Å². The molecule has 1 aliphatic rings. The molecule has 1 fully saturated rings. The second-order valence-electron chi connectivity index (χ2n) is 7.44. The summed E-state index contributed by atoms with van der Waals surface area (Å²) in [5, 5.41) is 5.52. The third-order valence-corrected chi connectivity index (χ3v) is 4.07. The van der Waals surface area contributed by atoms with E-state index < -0.39 is 23.8 Å². The number of unbranched alkanes of at least 4 members (excludes halogenated alkanes) is 1. The maximum atomic E-state index is 12.8. The Morgan fingerprint density at radius 1 is 1.24 bits per heavy atom. The molecule has 0 aromatic carbocycles. The standard InChI is InChI=1S/C18H33N3O4/c1-6-8-11-19-15(22)14-10-9-12-21(14)16(23)13(7-2)20-17(24)25-18(3,4)5/h13-14H,6-12H2,1-5H3,(H,19,22)(H,20,24)/t13-,14-/m0/s1. The zero-order chi connectivity index (χ0) is 19.0. The van der Waals surface area contributed by atoms with Gasteiger partial charge in [0.1, 0.15) is 17.7 Å². The van der Waals surface area contributed by atoms with Crippen LogP contribution in [0.15, 0.2) is 0 Å². The molecule has 0 bridgehead atoms. The van der Waals surface area contributed by atoms with Crippen molar-refractivity contribution < 1.29 is 19.1 Å². The molecule has 2 N–H and O–H groups in total. The third-order valence-electron chi connectivity index (χ3n) is 4.07. The lowest BCUT2D eigenvalue weighted by Crippen LogP contribution is -2.53. The molecule has 1 rings (SSSR count). The lowest BCUT2D eigenvalue weighted by atomic mass is 10.1. The van der Waals surface area contributed by atoms with Crippen LogP contribution >= 0.6 is 0 Å². The summed E-state index contributed by atoms with van der Waals surface area (Å²) in [6, 6.07) is -1.13. The smallest absolute Gasteiger partial charge is 0.408 e. The van der Waals surface area contributed by atoms with Gasteiger partial charge >= 0.3 is 6.09 Å². The Morgan fingerprint density at radius 3 is 2.48 bits per heavy atom. The Morgan fingerprint density at radius 2 is 1.92 bits per heavy atom. The quantitative estimate of drug-likeness (QED) is 0.685. The lowest BCUT2D eigenvalue weighted by molar-refractivity contribution is -0.140. The number of amides is 3. The van der Waals surface area contributed by atoms with Crippen molar-refractivity contribution in [2.24, 2.45) is 0 Å².